The van der Waals surface area contributed by atoms with Crippen molar-refractivity contribution in [1.29, 1.82) is 0 Å². The van der Waals surface area contributed by atoms with E-state index < -0.39 is 0 Å². The van der Waals surface area contributed by atoms with Gasteiger partial charge in [0.25, 0.3) is 0 Å². The molecule has 0 aromatic carbocycles. The Balaban J connectivity index is 4.59. The highest BCUT2D eigenvalue weighted by Gasteiger charge is 2.31. The number of ether oxygens (including phenoxy) is 1. The minimum absolute atomic E-state index is 0.0132. The summed E-state index contributed by atoms with van der Waals surface area (Å²) >= 11 is 0. The van der Waals surface area contributed by atoms with Crippen LogP contribution in [-0.4, -0.2) is 55.5 Å². The number of amides is 3. The van der Waals surface area contributed by atoms with Gasteiger partial charge in [-0.15, -0.1) is 0 Å². The molecule has 0 spiro atoms. The van der Waals surface area contributed by atoms with E-state index in [0.717, 1.165) is 25.7 Å². The van der Waals surface area contributed by atoms with Crippen molar-refractivity contribution in [1.82, 2.24) is 10.2 Å². The van der Waals surface area contributed by atoms with E-state index in [0.29, 0.717) is 31.2 Å². The molecule has 0 radical (unpaired) electrons. The van der Waals surface area contributed by atoms with Gasteiger partial charge >= 0.3 is 0 Å². The van der Waals surface area contributed by atoms with E-state index in [2.05, 4.69) is 26.1 Å². The molecule has 0 aromatic heterocycles. The molecular formula is C24H47N3O4. The topological polar surface area (TPSA) is 102 Å². The van der Waals surface area contributed by atoms with Gasteiger partial charge in [0.15, 0.2) is 0 Å². The van der Waals surface area contributed by atoms with Gasteiger partial charge in [0.05, 0.1) is 12.0 Å². The predicted molar refractivity (Wildman–Crippen MR) is 125 cm³/mol. The van der Waals surface area contributed by atoms with Gasteiger partial charge in [0, 0.05) is 39.6 Å². The van der Waals surface area contributed by atoms with E-state index >= 15 is 0 Å². The number of carbonyl (C=O) groups excluding carboxylic acids is 3. The highest BCUT2D eigenvalue weighted by Crippen LogP contribution is 2.25. The summed E-state index contributed by atoms with van der Waals surface area (Å²) in [5, 5.41) is 2.99. The van der Waals surface area contributed by atoms with Gasteiger partial charge in [-0.05, 0) is 37.0 Å². The van der Waals surface area contributed by atoms with Crippen molar-refractivity contribution in [2.75, 3.05) is 20.7 Å². The average Bonchev–Trinajstić information content (AvgIpc) is 2.69. The summed E-state index contributed by atoms with van der Waals surface area (Å²) in [5.41, 5.74) is 5.35. The van der Waals surface area contributed by atoms with Crippen LogP contribution in [0.3, 0.4) is 0 Å². The monoisotopic (exact) mass is 441 g/mol. The van der Waals surface area contributed by atoms with Crippen molar-refractivity contribution >= 4 is 17.7 Å². The summed E-state index contributed by atoms with van der Waals surface area (Å²) in [6.07, 6.45) is 4.07. The van der Waals surface area contributed by atoms with Gasteiger partial charge in [-0.3, -0.25) is 14.4 Å². The number of rotatable bonds is 16. The smallest absolute Gasteiger partial charge is 0.222 e. The lowest BCUT2D eigenvalue weighted by Crippen LogP contribution is -2.46. The van der Waals surface area contributed by atoms with Gasteiger partial charge in [-0.2, -0.15) is 0 Å². The number of nitrogens with two attached hydrogens (primary N) is 1. The fourth-order valence-electron chi connectivity index (χ4n) is 4.16. The minimum Gasteiger partial charge on any atom is -0.381 e. The lowest BCUT2D eigenvalue weighted by molar-refractivity contribution is -0.136. The first kappa shape index (κ1) is 29.4. The van der Waals surface area contributed by atoms with E-state index in [1.807, 2.05) is 25.8 Å². The molecular weight excluding hydrogens is 394 g/mol. The number of nitrogens with one attached hydrogen (secondary N) is 1. The number of methoxy groups -OCH3 is 1. The van der Waals surface area contributed by atoms with Gasteiger partial charge in [0.1, 0.15) is 0 Å². The first-order chi connectivity index (χ1) is 14.5. The molecule has 5 atom stereocenters. The molecule has 0 fully saturated rings. The largest absolute Gasteiger partial charge is 0.381 e. The molecule has 3 amide bonds. The third-order valence-electron chi connectivity index (χ3n) is 6.29. The van der Waals surface area contributed by atoms with Crippen LogP contribution in [-0.2, 0) is 19.1 Å². The molecule has 0 aliphatic carbocycles. The minimum atomic E-state index is -0.359. The molecule has 0 saturated heterocycles. The van der Waals surface area contributed by atoms with Crippen LogP contribution in [0.2, 0.25) is 0 Å². The highest BCUT2D eigenvalue weighted by molar-refractivity contribution is 5.78. The van der Waals surface area contributed by atoms with E-state index in [1.165, 1.54) is 0 Å². The Kier molecular flexibility index (Phi) is 14.4. The van der Waals surface area contributed by atoms with E-state index in [4.69, 9.17) is 10.5 Å². The van der Waals surface area contributed by atoms with Crippen LogP contribution in [0.4, 0.5) is 0 Å². The van der Waals surface area contributed by atoms with Crippen LogP contribution in [0.1, 0.15) is 80.1 Å². The maximum atomic E-state index is 12.6. The Hall–Kier alpha value is -1.63. The Morgan fingerprint density at radius 3 is 2.10 bits per heavy atom. The Morgan fingerprint density at radius 2 is 1.61 bits per heavy atom. The zero-order valence-electron chi connectivity index (χ0n) is 21.1. The molecule has 7 heteroatoms. The van der Waals surface area contributed by atoms with E-state index in [9.17, 15) is 14.4 Å². The maximum Gasteiger partial charge on any atom is 0.222 e. The first-order valence-corrected chi connectivity index (χ1v) is 11.8. The van der Waals surface area contributed by atoms with Crippen molar-refractivity contribution in [3.8, 4) is 0 Å². The summed E-state index contributed by atoms with van der Waals surface area (Å²) < 4.78 is 5.36. The first-order valence-electron chi connectivity index (χ1n) is 11.8. The van der Waals surface area contributed by atoms with Crippen LogP contribution in [0, 0.1) is 23.7 Å². The van der Waals surface area contributed by atoms with Gasteiger partial charge < -0.3 is 20.7 Å². The number of nitrogens with zero attached hydrogens (tertiary/aromatic N) is 1. The fraction of sp³-hybridized carbons (Fsp3) is 0.875. The van der Waals surface area contributed by atoms with Gasteiger partial charge in [-0.25, -0.2) is 0 Å². The van der Waals surface area contributed by atoms with Crippen LogP contribution in [0.15, 0.2) is 0 Å². The molecule has 182 valence electrons. The summed E-state index contributed by atoms with van der Waals surface area (Å²) in [6.45, 7) is 12.8. The summed E-state index contributed by atoms with van der Waals surface area (Å²) in [7, 11) is 3.46. The maximum absolute atomic E-state index is 12.6. The third kappa shape index (κ3) is 11.0. The lowest BCUT2D eigenvalue weighted by Gasteiger charge is -2.37. The highest BCUT2D eigenvalue weighted by atomic mass is 16.5. The second-order valence-electron chi connectivity index (χ2n) is 9.47. The number of unbranched alkanes of at least 4 members (excludes halogenated alkanes) is 1. The summed E-state index contributed by atoms with van der Waals surface area (Å²) in [4.78, 5) is 38.3. The third-order valence-corrected chi connectivity index (χ3v) is 6.29. The van der Waals surface area contributed by atoms with Crippen molar-refractivity contribution < 1.29 is 19.1 Å². The van der Waals surface area contributed by atoms with Crippen molar-refractivity contribution in [3.63, 3.8) is 0 Å². The average molecular weight is 442 g/mol. The van der Waals surface area contributed by atoms with Crippen molar-refractivity contribution in [2.45, 2.75) is 92.2 Å². The van der Waals surface area contributed by atoms with E-state index in [1.54, 1.807) is 14.0 Å². The number of primary amides is 1. The standard InChI is InChI=1S/C24H47N3O4/c1-9-17(4)23(27(7)22(29)14-16(2)3)18(5)15-21(28)26-13-11-10-12-20(31-8)19(6)24(25)30/h16-20,23H,9-15H2,1-8H3,(H2,25,30)(H,26,28)/t17-,18+,19+,20-,23-/m0/s1. The number of hydrogen-bond acceptors (Lipinski definition) is 4. The predicted octanol–water partition coefficient (Wildman–Crippen LogP) is 3.35. The van der Waals surface area contributed by atoms with E-state index in [-0.39, 0.29) is 41.7 Å². The molecule has 0 aliphatic heterocycles. The molecule has 0 saturated carbocycles. The zero-order chi connectivity index (χ0) is 24.1. The van der Waals surface area contributed by atoms with Crippen molar-refractivity contribution in [2.24, 2.45) is 29.4 Å². The van der Waals surface area contributed by atoms with Crippen LogP contribution in [0.5, 0.6) is 0 Å². The van der Waals surface area contributed by atoms with Gasteiger partial charge in [-0.1, -0.05) is 48.0 Å². The van der Waals surface area contributed by atoms with Crippen LogP contribution in [0.25, 0.3) is 0 Å². The van der Waals surface area contributed by atoms with Crippen molar-refractivity contribution in [3.05, 3.63) is 0 Å². The summed E-state index contributed by atoms with van der Waals surface area (Å²) in [5.74, 6) is 0.183. The SMILES string of the molecule is CC[C@H](C)[C@@H]([C@H](C)CC(=O)NCCCC[C@H](OC)[C@@H](C)C(N)=O)N(C)C(=O)CC(C)C. The lowest BCUT2D eigenvalue weighted by atomic mass is 9.85. The molecule has 7 nitrogen and oxygen atoms in total. The number of hydrogen-bond donors (Lipinski definition) is 2. The molecule has 0 aliphatic rings. The fourth-order valence-corrected chi connectivity index (χ4v) is 4.16. The Labute approximate surface area is 189 Å². The molecule has 31 heavy (non-hydrogen) atoms. The Bertz CT molecular complexity index is 553. The number of carbonyl (C=O) groups is 3. The Morgan fingerprint density at radius 1 is 1.00 bits per heavy atom. The molecule has 0 bridgehead atoms. The molecule has 3 N–H and O–H groups in total. The van der Waals surface area contributed by atoms with Crippen LogP contribution >= 0.6 is 0 Å². The zero-order valence-corrected chi connectivity index (χ0v) is 21.1. The molecule has 0 heterocycles. The second kappa shape index (κ2) is 15.2. The van der Waals surface area contributed by atoms with Gasteiger partial charge in [0.2, 0.25) is 17.7 Å². The second-order valence-corrected chi connectivity index (χ2v) is 9.47. The van der Waals surface area contributed by atoms with Crippen LogP contribution < -0.4 is 11.1 Å². The molecule has 0 unspecified atom stereocenters. The quantitative estimate of drug-likeness (QED) is 0.359. The normalized spacial score (nSPS) is 16.3. The molecule has 0 aromatic rings. The molecule has 0 rings (SSSR count). The summed E-state index contributed by atoms with van der Waals surface area (Å²) in [6, 6.07) is 0.0414.